The summed E-state index contributed by atoms with van der Waals surface area (Å²) in [4.78, 5) is 0. The van der Waals surface area contributed by atoms with E-state index in [-0.39, 0.29) is 6.54 Å². The molecule has 0 fully saturated rings. The molecule has 6 heteroatoms. The first-order chi connectivity index (χ1) is 7.93. The van der Waals surface area contributed by atoms with E-state index >= 15 is 0 Å². The Morgan fingerprint density at radius 1 is 1.41 bits per heavy atom. The lowest BCUT2D eigenvalue weighted by molar-refractivity contribution is -0.201. The molecular formula is C11H14F3NO2. The van der Waals surface area contributed by atoms with Crippen LogP contribution in [0.4, 0.5) is 13.2 Å². The smallest absolute Gasteiger partial charge is 0.415 e. The fourth-order valence-corrected chi connectivity index (χ4v) is 1.25. The summed E-state index contributed by atoms with van der Waals surface area (Å²) >= 11 is 0. The number of ether oxygens (including phenoxy) is 1. The summed E-state index contributed by atoms with van der Waals surface area (Å²) < 4.78 is 40.9. The molecule has 2 N–H and O–H groups in total. The van der Waals surface area contributed by atoms with Crippen molar-refractivity contribution in [3.63, 3.8) is 0 Å². The molecule has 17 heavy (non-hydrogen) atoms. The van der Waals surface area contributed by atoms with Gasteiger partial charge in [-0.05, 0) is 17.7 Å². The Kier molecular flexibility index (Phi) is 4.77. The average Bonchev–Trinajstić information content (AvgIpc) is 2.28. The lowest BCUT2D eigenvalue weighted by Gasteiger charge is -2.15. The number of aliphatic hydroxyl groups excluding tert-OH is 1. The van der Waals surface area contributed by atoms with Gasteiger partial charge in [-0.3, -0.25) is 0 Å². The number of alkyl halides is 3. The molecule has 1 unspecified atom stereocenters. The van der Waals surface area contributed by atoms with Crippen LogP contribution in [0.3, 0.4) is 0 Å². The normalized spacial score (nSPS) is 13.5. The molecule has 0 aliphatic rings. The van der Waals surface area contributed by atoms with E-state index in [9.17, 15) is 13.2 Å². The van der Waals surface area contributed by atoms with Gasteiger partial charge in [-0.15, -0.1) is 0 Å². The molecule has 0 heterocycles. The first kappa shape index (κ1) is 13.8. The van der Waals surface area contributed by atoms with E-state index in [0.29, 0.717) is 5.75 Å². The molecule has 0 aromatic heterocycles. The van der Waals surface area contributed by atoms with Crippen molar-refractivity contribution >= 4 is 0 Å². The first-order valence-corrected chi connectivity index (χ1v) is 5.02. The predicted molar refractivity (Wildman–Crippen MR) is 56.8 cm³/mol. The molecule has 0 spiro atoms. The van der Waals surface area contributed by atoms with E-state index in [1.807, 2.05) is 0 Å². The number of hydrogen-bond acceptors (Lipinski definition) is 3. The standard InChI is InChI=1S/C11H14F3NO2/c1-17-9-4-2-3-8(5-9)6-15-7-10(16)11(12,13)14/h2-5,10,15-16H,6-7H2,1H3. The fraction of sp³-hybridized carbons (Fsp3) is 0.455. The molecule has 1 atom stereocenters. The monoisotopic (exact) mass is 249 g/mol. The number of rotatable bonds is 5. The third kappa shape index (κ3) is 4.62. The molecule has 0 bridgehead atoms. The van der Waals surface area contributed by atoms with Crippen molar-refractivity contribution in [3.8, 4) is 5.75 Å². The molecule has 1 rings (SSSR count). The van der Waals surface area contributed by atoms with Crippen LogP contribution in [0.2, 0.25) is 0 Å². The second kappa shape index (κ2) is 5.88. The Morgan fingerprint density at radius 2 is 2.12 bits per heavy atom. The summed E-state index contributed by atoms with van der Waals surface area (Å²) in [7, 11) is 1.51. The van der Waals surface area contributed by atoms with Gasteiger partial charge in [0.2, 0.25) is 0 Å². The van der Waals surface area contributed by atoms with E-state index in [1.165, 1.54) is 7.11 Å². The van der Waals surface area contributed by atoms with Crippen LogP contribution in [0.15, 0.2) is 24.3 Å². The first-order valence-electron chi connectivity index (χ1n) is 5.02. The molecule has 0 aliphatic carbocycles. The highest BCUT2D eigenvalue weighted by molar-refractivity contribution is 5.28. The zero-order valence-corrected chi connectivity index (χ0v) is 9.29. The van der Waals surface area contributed by atoms with E-state index in [4.69, 9.17) is 9.84 Å². The lowest BCUT2D eigenvalue weighted by atomic mass is 10.2. The van der Waals surface area contributed by atoms with Crippen molar-refractivity contribution in [2.45, 2.75) is 18.8 Å². The van der Waals surface area contributed by atoms with Crippen molar-refractivity contribution in [2.24, 2.45) is 0 Å². The zero-order valence-electron chi connectivity index (χ0n) is 9.29. The second-order valence-electron chi connectivity index (χ2n) is 3.54. The summed E-state index contributed by atoms with van der Waals surface area (Å²) in [6.07, 6.45) is -6.92. The second-order valence-corrected chi connectivity index (χ2v) is 3.54. The molecule has 1 aromatic carbocycles. The van der Waals surface area contributed by atoms with Crippen LogP contribution < -0.4 is 10.1 Å². The zero-order chi connectivity index (χ0) is 12.9. The largest absolute Gasteiger partial charge is 0.497 e. The van der Waals surface area contributed by atoms with Gasteiger partial charge in [-0.25, -0.2) is 0 Å². The fourth-order valence-electron chi connectivity index (χ4n) is 1.25. The van der Waals surface area contributed by atoms with Crippen LogP contribution >= 0.6 is 0 Å². The minimum atomic E-state index is -4.58. The Bertz CT molecular complexity index is 355. The summed E-state index contributed by atoms with van der Waals surface area (Å²) in [5, 5.41) is 11.3. The quantitative estimate of drug-likeness (QED) is 0.834. The molecular weight excluding hydrogens is 235 g/mol. The van der Waals surface area contributed by atoms with Crippen molar-refractivity contribution in [1.82, 2.24) is 5.32 Å². The Morgan fingerprint density at radius 3 is 2.71 bits per heavy atom. The molecule has 0 aliphatic heterocycles. The van der Waals surface area contributed by atoms with Crippen LogP contribution in [-0.2, 0) is 6.54 Å². The number of nitrogens with one attached hydrogen (secondary N) is 1. The average molecular weight is 249 g/mol. The van der Waals surface area contributed by atoms with Gasteiger partial charge in [-0.2, -0.15) is 13.2 Å². The number of halogens is 3. The maximum absolute atomic E-state index is 12.0. The summed E-state index contributed by atoms with van der Waals surface area (Å²) in [6.45, 7) is -0.287. The van der Waals surface area contributed by atoms with Crippen LogP contribution in [0, 0.1) is 0 Å². The Balaban J connectivity index is 2.40. The van der Waals surface area contributed by atoms with Gasteiger partial charge in [0.1, 0.15) is 5.75 Å². The van der Waals surface area contributed by atoms with Gasteiger partial charge in [0.05, 0.1) is 7.11 Å². The molecule has 0 amide bonds. The predicted octanol–water partition coefficient (Wildman–Crippen LogP) is 1.71. The minimum absolute atomic E-state index is 0.240. The maximum atomic E-state index is 12.0. The van der Waals surface area contributed by atoms with E-state index < -0.39 is 18.8 Å². The van der Waals surface area contributed by atoms with Crippen LogP contribution in [0.5, 0.6) is 5.75 Å². The SMILES string of the molecule is COc1cccc(CNCC(O)C(F)(F)F)c1. The van der Waals surface area contributed by atoms with Crippen molar-refractivity contribution in [1.29, 1.82) is 0 Å². The van der Waals surface area contributed by atoms with Crippen molar-refractivity contribution < 1.29 is 23.0 Å². The molecule has 3 nitrogen and oxygen atoms in total. The number of benzene rings is 1. The van der Waals surface area contributed by atoms with Gasteiger partial charge in [0.25, 0.3) is 0 Å². The highest BCUT2D eigenvalue weighted by Gasteiger charge is 2.37. The highest BCUT2D eigenvalue weighted by atomic mass is 19.4. The summed E-state index contributed by atoms with van der Waals surface area (Å²) in [5.74, 6) is 0.640. The number of methoxy groups -OCH3 is 1. The van der Waals surface area contributed by atoms with Gasteiger partial charge >= 0.3 is 6.18 Å². The van der Waals surface area contributed by atoms with Gasteiger partial charge in [0.15, 0.2) is 6.10 Å². The Labute approximate surface area is 97.2 Å². The van der Waals surface area contributed by atoms with Gasteiger partial charge < -0.3 is 15.2 Å². The third-order valence-electron chi connectivity index (χ3n) is 2.18. The minimum Gasteiger partial charge on any atom is -0.497 e. The molecule has 0 radical (unpaired) electrons. The van der Waals surface area contributed by atoms with Crippen LogP contribution in [0.1, 0.15) is 5.56 Å². The van der Waals surface area contributed by atoms with Crippen molar-refractivity contribution in [2.75, 3.05) is 13.7 Å². The van der Waals surface area contributed by atoms with Crippen molar-refractivity contribution in [3.05, 3.63) is 29.8 Å². The van der Waals surface area contributed by atoms with Crippen LogP contribution in [-0.4, -0.2) is 31.0 Å². The maximum Gasteiger partial charge on any atom is 0.415 e. The lowest BCUT2D eigenvalue weighted by Crippen LogP contribution is -2.38. The van der Waals surface area contributed by atoms with Gasteiger partial charge in [0, 0.05) is 13.1 Å². The molecule has 1 aromatic rings. The van der Waals surface area contributed by atoms with Crippen LogP contribution in [0.25, 0.3) is 0 Å². The topological polar surface area (TPSA) is 41.5 Å². The number of hydrogen-bond donors (Lipinski definition) is 2. The Hall–Kier alpha value is -1.27. The van der Waals surface area contributed by atoms with E-state index in [2.05, 4.69) is 5.32 Å². The summed E-state index contributed by atoms with van der Waals surface area (Å²) in [5.41, 5.74) is 0.790. The molecule has 96 valence electrons. The molecule has 0 saturated carbocycles. The number of aliphatic hydroxyl groups is 1. The van der Waals surface area contributed by atoms with E-state index in [0.717, 1.165) is 5.56 Å². The molecule has 0 saturated heterocycles. The highest BCUT2D eigenvalue weighted by Crippen LogP contribution is 2.19. The summed E-state index contributed by atoms with van der Waals surface area (Å²) in [6, 6.07) is 6.96. The van der Waals surface area contributed by atoms with Gasteiger partial charge in [-0.1, -0.05) is 12.1 Å². The van der Waals surface area contributed by atoms with E-state index in [1.54, 1.807) is 24.3 Å². The third-order valence-corrected chi connectivity index (χ3v) is 2.18.